The minimum atomic E-state index is -0.502. The Balaban J connectivity index is 1.98. The molecule has 0 aliphatic heterocycles. The highest BCUT2D eigenvalue weighted by molar-refractivity contribution is 6.32. The number of ether oxygens (including phenoxy) is 1. The first kappa shape index (κ1) is 20.1. The molecule has 7 nitrogen and oxygen atoms in total. The van der Waals surface area contributed by atoms with Gasteiger partial charge in [-0.2, -0.15) is 0 Å². The molecule has 0 atom stereocenters. The Labute approximate surface area is 177 Å². The minimum absolute atomic E-state index is 0.129. The molecule has 0 spiro atoms. The minimum Gasteiger partial charge on any atom is -0.383 e. The van der Waals surface area contributed by atoms with Gasteiger partial charge in [0.1, 0.15) is 0 Å². The summed E-state index contributed by atoms with van der Waals surface area (Å²) in [7, 11) is 1.53. The van der Waals surface area contributed by atoms with Crippen molar-refractivity contribution in [3.63, 3.8) is 0 Å². The van der Waals surface area contributed by atoms with E-state index in [0.29, 0.717) is 22.8 Å². The molecule has 0 bridgehead atoms. The highest BCUT2D eigenvalue weighted by atomic mass is 35.5. The van der Waals surface area contributed by atoms with E-state index in [1.807, 2.05) is 31.2 Å². The van der Waals surface area contributed by atoms with Crippen LogP contribution in [0.2, 0.25) is 5.02 Å². The number of rotatable bonds is 6. The van der Waals surface area contributed by atoms with Crippen molar-refractivity contribution in [1.29, 1.82) is 0 Å². The van der Waals surface area contributed by atoms with Gasteiger partial charge in [-0.1, -0.05) is 53.6 Å². The number of methoxy groups -OCH3 is 1. The predicted molar refractivity (Wildman–Crippen MR) is 117 cm³/mol. The molecular weight excluding hydrogens is 404 g/mol. The summed E-state index contributed by atoms with van der Waals surface area (Å²) in [5.41, 5.74) is 2.37. The van der Waals surface area contributed by atoms with Crippen molar-refractivity contribution in [2.24, 2.45) is 0 Å². The molecule has 30 heavy (non-hydrogen) atoms. The lowest BCUT2D eigenvalue weighted by Crippen LogP contribution is -2.41. The Morgan fingerprint density at radius 3 is 2.50 bits per heavy atom. The third-order valence-corrected chi connectivity index (χ3v) is 5.31. The largest absolute Gasteiger partial charge is 0.383 e. The lowest BCUT2D eigenvalue weighted by atomic mass is 10.1. The van der Waals surface area contributed by atoms with Crippen LogP contribution in [0.1, 0.15) is 11.1 Å². The van der Waals surface area contributed by atoms with Crippen LogP contribution in [0.5, 0.6) is 0 Å². The van der Waals surface area contributed by atoms with Gasteiger partial charge in [-0.3, -0.25) is 9.36 Å². The second-order valence-corrected chi connectivity index (χ2v) is 7.46. The number of imidazole rings is 1. The Bertz CT molecular complexity index is 1320. The van der Waals surface area contributed by atoms with E-state index in [9.17, 15) is 9.59 Å². The smallest absolute Gasteiger partial charge is 0.337 e. The number of hydrogen-bond donors (Lipinski definition) is 0. The van der Waals surface area contributed by atoms with E-state index in [1.165, 1.54) is 16.2 Å². The van der Waals surface area contributed by atoms with Gasteiger partial charge < -0.3 is 9.30 Å². The first-order valence-corrected chi connectivity index (χ1v) is 9.89. The van der Waals surface area contributed by atoms with Crippen LogP contribution in [0.15, 0.2) is 64.4 Å². The molecule has 0 radical (unpaired) electrons. The molecule has 2 aromatic heterocycles. The van der Waals surface area contributed by atoms with Crippen LogP contribution in [0, 0.1) is 6.92 Å². The summed E-state index contributed by atoms with van der Waals surface area (Å²) in [6.45, 7) is 2.84. The molecule has 0 saturated carbocycles. The Kier molecular flexibility index (Phi) is 5.57. The average molecular weight is 425 g/mol. The van der Waals surface area contributed by atoms with E-state index >= 15 is 0 Å². The first-order chi connectivity index (χ1) is 14.5. The van der Waals surface area contributed by atoms with Gasteiger partial charge in [0.2, 0.25) is 0 Å². The normalized spacial score (nSPS) is 11.3. The number of benzene rings is 2. The zero-order valence-corrected chi connectivity index (χ0v) is 17.5. The van der Waals surface area contributed by atoms with Crippen molar-refractivity contribution in [3.8, 4) is 5.69 Å². The van der Waals surface area contributed by atoms with Gasteiger partial charge in [0.05, 0.1) is 30.2 Å². The molecule has 154 valence electrons. The second-order valence-electron chi connectivity index (χ2n) is 7.05. The fourth-order valence-electron chi connectivity index (χ4n) is 3.42. The second kappa shape index (κ2) is 8.30. The lowest BCUT2D eigenvalue weighted by Gasteiger charge is -2.13. The van der Waals surface area contributed by atoms with Crippen LogP contribution in [-0.4, -0.2) is 32.4 Å². The van der Waals surface area contributed by atoms with Crippen molar-refractivity contribution in [2.75, 3.05) is 13.7 Å². The maximum atomic E-state index is 13.3. The Morgan fingerprint density at radius 1 is 1.07 bits per heavy atom. The van der Waals surface area contributed by atoms with Crippen molar-refractivity contribution in [3.05, 3.63) is 91.8 Å². The molecule has 0 N–H and O–H groups in total. The van der Waals surface area contributed by atoms with Crippen molar-refractivity contribution >= 4 is 22.8 Å². The zero-order valence-electron chi connectivity index (χ0n) is 16.7. The van der Waals surface area contributed by atoms with Gasteiger partial charge >= 0.3 is 5.69 Å². The highest BCUT2D eigenvalue weighted by Gasteiger charge is 2.20. The Morgan fingerprint density at radius 2 is 1.80 bits per heavy atom. The summed E-state index contributed by atoms with van der Waals surface area (Å²) in [6.07, 6.45) is 1.58. The van der Waals surface area contributed by atoms with E-state index in [1.54, 1.807) is 35.2 Å². The summed E-state index contributed by atoms with van der Waals surface area (Å²) in [6, 6.07) is 15.0. The molecule has 0 saturated heterocycles. The van der Waals surface area contributed by atoms with Gasteiger partial charge in [-0.25, -0.2) is 14.3 Å². The third kappa shape index (κ3) is 3.58. The van der Waals surface area contributed by atoms with Crippen LogP contribution in [0.3, 0.4) is 0 Å². The number of fused-ring (bicyclic) bond motifs is 1. The quantitative estimate of drug-likeness (QED) is 0.477. The topological polar surface area (TPSA) is 71.1 Å². The van der Waals surface area contributed by atoms with Gasteiger partial charge in [-0.15, -0.1) is 0 Å². The lowest BCUT2D eigenvalue weighted by molar-refractivity contribution is 0.184. The Hall–Kier alpha value is -3.16. The molecule has 2 aromatic carbocycles. The zero-order chi connectivity index (χ0) is 21.3. The van der Waals surface area contributed by atoms with Crippen LogP contribution in [-0.2, 0) is 17.8 Å². The number of para-hydroxylation sites is 1. The van der Waals surface area contributed by atoms with E-state index in [2.05, 4.69) is 4.98 Å². The summed E-state index contributed by atoms with van der Waals surface area (Å²) in [5, 5.41) is 0.394. The molecule has 4 aromatic rings. The number of aryl methyl sites for hydroxylation is 1. The number of aromatic nitrogens is 4. The molecule has 0 unspecified atom stereocenters. The van der Waals surface area contributed by atoms with E-state index in [4.69, 9.17) is 16.3 Å². The first-order valence-electron chi connectivity index (χ1n) is 9.51. The summed E-state index contributed by atoms with van der Waals surface area (Å²) >= 11 is 6.37. The van der Waals surface area contributed by atoms with Gasteiger partial charge in [0.25, 0.3) is 5.56 Å². The maximum absolute atomic E-state index is 13.3. The monoisotopic (exact) mass is 424 g/mol. The van der Waals surface area contributed by atoms with Crippen LogP contribution in [0.25, 0.3) is 16.9 Å². The fraction of sp³-hybridized carbons (Fsp3) is 0.227. The van der Waals surface area contributed by atoms with Crippen molar-refractivity contribution in [2.45, 2.75) is 20.0 Å². The number of hydrogen-bond acceptors (Lipinski definition) is 4. The summed E-state index contributed by atoms with van der Waals surface area (Å²) in [4.78, 5) is 30.9. The van der Waals surface area contributed by atoms with Gasteiger partial charge in [-0.05, 0) is 24.6 Å². The molecular formula is C22H21ClN4O3. The SMILES string of the molecule is COCCn1c(=O)c2c(ncn2Cc2ccc(C)cc2)n(-c2ccccc2Cl)c1=O. The molecule has 8 heteroatoms. The van der Waals surface area contributed by atoms with Crippen LogP contribution in [0.4, 0.5) is 0 Å². The number of nitrogens with zero attached hydrogens (tertiary/aromatic N) is 4. The molecule has 4 rings (SSSR count). The molecule has 0 aliphatic carbocycles. The van der Waals surface area contributed by atoms with Gasteiger partial charge in [0, 0.05) is 13.7 Å². The van der Waals surface area contributed by atoms with E-state index in [0.717, 1.165) is 11.1 Å². The van der Waals surface area contributed by atoms with Crippen LogP contribution >= 0.6 is 11.6 Å². The molecule has 0 amide bonds. The summed E-state index contributed by atoms with van der Waals surface area (Å²) in [5.74, 6) is 0. The van der Waals surface area contributed by atoms with E-state index in [-0.39, 0.29) is 18.8 Å². The maximum Gasteiger partial charge on any atom is 0.337 e. The van der Waals surface area contributed by atoms with Crippen LogP contribution < -0.4 is 11.2 Å². The van der Waals surface area contributed by atoms with Gasteiger partial charge in [0.15, 0.2) is 11.2 Å². The molecule has 2 heterocycles. The van der Waals surface area contributed by atoms with Crippen molar-refractivity contribution < 1.29 is 4.74 Å². The van der Waals surface area contributed by atoms with E-state index < -0.39 is 11.2 Å². The molecule has 0 aliphatic rings. The third-order valence-electron chi connectivity index (χ3n) is 4.99. The highest BCUT2D eigenvalue weighted by Crippen LogP contribution is 2.21. The summed E-state index contributed by atoms with van der Waals surface area (Å²) < 4.78 is 9.42. The number of halogens is 1. The predicted octanol–water partition coefficient (Wildman–Crippen LogP) is 3.01. The van der Waals surface area contributed by atoms with Crippen molar-refractivity contribution in [1.82, 2.24) is 18.7 Å². The molecule has 0 fully saturated rings. The standard InChI is InChI=1S/C22H21ClN4O3/c1-15-7-9-16(10-8-15)13-25-14-24-20-19(25)21(28)26(11-12-30-2)22(29)27(20)18-6-4-3-5-17(18)23/h3-10,14H,11-13H2,1-2H3. The average Bonchev–Trinajstić information content (AvgIpc) is 3.14. The fourth-order valence-corrected chi connectivity index (χ4v) is 3.64.